The Balaban J connectivity index is 2.13. The van der Waals surface area contributed by atoms with Crippen LogP contribution in [0.3, 0.4) is 0 Å². The van der Waals surface area contributed by atoms with Gasteiger partial charge in [0, 0.05) is 5.02 Å². The van der Waals surface area contributed by atoms with E-state index in [-0.39, 0.29) is 5.56 Å². The van der Waals surface area contributed by atoms with Crippen molar-refractivity contribution in [2.24, 2.45) is 0 Å². The van der Waals surface area contributed by atoms with Crippen molar-refractivity contribution in [3.05, 3.63) is 45.9 Å². The van der Waals surface area contributed by atoms with Crippen LogP contribution < -0.4 is 19.5 Å². The molecule has 2 aromatic carbocycles. The third-order valence-electron chi connectivity index (χ3n) is 3.68. The van der Waals surface area contributed by atoms with Crippen LogP contribution in [0.2, 0.25) is 10.0 Å². The lowest BCUT2D eigenvalue weighted by molar-refractivity contribution is -0.119. The van der Waals surface area contributed by atoms with Gasteiger partial charge in [0.15, 0.2) is 18.1 Å². The molecule has 7 nitrogen and oxygen atoms in total. The summed E-state index contributed by atoms with van der Waals surface area (Å²) in [4.78, 5) is 24.6. The van der Waals surface area contributed by atoms with Crippen molar-refractivity contribution >= 4 is 40.8 Å². The average Bonchev–Trinajstić information content (AvgIpc) is 2.71. The van der Waals surface area contributed by atoms with Gasteiger partial charge in [-0.25, -0.2) is 4.79 Å². The first kappa shape index (κ1) is 23.6. The van der Waals surface area contributed by atoms with Gasteiger partial charge in [-0.15, -0.1) is 0 Å². The molecule has 0 aliphatic rings. The average molecular weight is 456 g/mol. The van der Waals surface area contributed by atoms with Crippen molar-refractivity contribution in [3.8, 4) is 17.2 Å². The molecule has 0 bridgehead atoms. The van der Waals surface area contributed by atoms with Crippen molar-refractivity contribution in [2.75, 3.05) is 31.7 Å². The second-order valence-electron chi connectivity index (χ2n) is 5.85. The minimum absolute atomic E-state index is 0.166. The largest absolute Gasteiger partial charge is 0.490 e. The molecule has 0 radical (unpaired) electrons. The Bertz CT molecular complexity index is 876. The lowest BCUT2D eigenvalue weighted by Crippen LogP contribution is -2.21. The molecule has 9 heteroatoms. The van der Waals surface area contributed by atoms with Crippen molar-refractivity contribution in [2.45, 2.75) is 20.8 Å². The molecule has 0 aromatic heterocycles. The van der Waals surface area contributed by atoms with Crippen molar-refractivity contribution < 1.29 is 28.5 Å². The van der Waals surface area contributed by atoms with E-state index in [2.05, 4.69) is 5.32 Å². The Labute approximate surface area is 185 Å². The van der Waals surface area contributed by atoms with Gasteiger partial charge in [-0.2, -0.15) is 0 Å². The molecule has 1 N–H and O–H groups in total. The Kier molecular flexibility index (Phi) is 9.08. The highest BCUT2D eigenvalue weighted by Crippen LogP contribution is 2.39. The minimum Gasteiger partial charge on any atom is -0.490 e. The SMILES string of the molecule is CCOc1cc(C(=O)OCC(=O)Nc2cc(Cl)ccc2Cl)cc(OCC)c1OCC. The Hall–Kier alpha value is -2.64. The van der Waals surface area contributed by atoms with E-state index in [1.807, 2.05) is 20.8 Å². The fourth-order valence-electron chi connectivity index (χ4n) is 2.50. The number of rotatable bonds is 10. The number of halogens is 2. The molecular formula is C21H23Cl2NO6. The van der Waals surface area contributed by atoms with E-state index in [9.17, 15) is 9.59 Å². The number of carbonyl (C=O) groups is 2. The predicted molar refractivity (Wildman–Crippen MR) is 115 cm³/mol. The van der Waals surface area contributed by atoms with Crippen LogP contribution in [0.15, 0.2) is 30.3 Å². The fraction of sp³-hybridized carbons (Fsp3) is 0.333. The van der Waals surface area contributed by atoms with Crippen LogP contribution in [0.25, 0.3) is 0 Å². The van der Waals surface area contributed by atoms with Crippen LogP contribution in [0.5, 0.6) is 17.2 Å². The highest BCUT2D eigenvalue weighted by molar-refractivity contribution is 6.35. The Morgan fingerprint density at radius 3 is 2.07 bits per heavy atom. The molecule has 0 unspecified atom stereocenters. The van der Waals surface area contributed by atoms with Crippen molar-refractivity contribution in [1.82, 2.24) is 0 Å². The first-order valence-corrected chi connectivity index (χ1v) is 10.1. The summed E-state index contributed by atoms with van der Waals surface area (Å²) >= 11 is 11.9. The van der Waals surface area contributed by atoms with Gasteiger partial charge in [0.25, 0.3) is 5.91 Å². The molecule has 0 aliphatic carbocycles. The van der Waals surface area contributed by atoms with Gasteiger partial charge in [-0.3, -0.25) is 4.79 Å². The number of amides is 1. The number of ether oxygens (including phenoxy) is 4. The zero-order chi connectivity index (χ0) is 22.1. The molecule has 2 aromatic rings. The molecular weight excluding hydrogens is 433 g/mol. The van der Waals surface area contributed by atoms with Crippen LogP contribution in [-0.2, 0) is 9.53 Å². The quantitative estimate of drug-likeness (QED) is 0.508. The van der Waals surface area contributed by atoms with Crippen molar-refractivity contribution in [1.29, 1.82) is 0 Å². The first-order chi connectivity index (χ1) is 14.4. The monoisotopic (exact) mass is 455 g/mol. The van der Waals surface area contributed by atoms with Crippen LogP contribution in [0.1, 0.15) is 31.1 Å². The molecule has 0 aliphatic heterocycles. The third-order valence-corrected chi connectivity index (χ3v) is 4.25. The second-order valence-corrected chi connectivity index (χ2v) is 6.69. The fourth-order valence-corrected chi connectivity index (χ4v) is 2.84. The van der Waals surface area contributed by atoms with E-state index < -0.39 is 18.5 Å². The van der Waals surface area contributed by atoms with Crippen LogP contribution in [0.4, 0.5) is 5.69 Å². The van der Waals surface area contributed by atoms with Gasteiger partial charge in [0.2, 0.25) is 5.75 Å². The highest BCUT2D eigenvalue weighted by atomic mass is 35.5. The number of benzene rings is 2. The van der Waals surface area contributed by atoms with Gasteiger partial charge >= 0.3 is 5.97 Å². The van der Waals surface area contributed by atoms with E-state index in [1.54, 1.807) is 12.1 Å². The maximum absolute atomic E-state index is 12.5. The summed E-state index contributed by atoms with van der Waals surface area (Å²) in [6, 6.07) is 7.63. The number of hydrogen-bond donors (Lipinski definition) is 1. The lowest BCUT2D eigenvalue weighted by Gasteiger charge is -2.16. The lowest BCUT2D eigenvalue weighted by atomic mass is 10.2. The van der Waals surface area contributed by atoms with Crippen LogP contribution in [-0.4, -0.2) is 38.3 Å². The standard InChI is InChI=1S/C21H23Cl2NO6/c1-4-27-17-9-13(10-18(28-5-2)20(17)29-6-3)21(26)30-12-19(25)24-16-11-14(22)7-8-15(16)23/h7-11H,4-6,12H2,1-3H3,(H,24,25). The van der Waals surface area contributed by atoms with Crippen molar-refractivity contribution in [3.63, 3.8) is 0 Å². The number of nitrogens with one attached hydrogen (secondary N) is 1. The molecule has 0 fully saturated rings. The third kappa shape index (κ3) is 6.43. The first-order valence-electron chi connectivity index (χ1n) is 9.38. The summed E-state index contributed by atoms with van der Waals surface area (Å²) < 4.78 is 21.9. The maximum Gasteiger partial charge on any atom is 0.338 e. The molecule has 0 atom stereocenters. The van der Waals surface area contributed by atoms with Gasteiger partial charge in [0.1, 0.15) is 0 Å². The van der Waals surface area contributed by atoms with Gasteiger partial charge in [-0.1, -0.05) is 23.2 Å². The van der Waals surface area contributed by atoms with E-state index >= 15 is 0 Å². The molecule has 30 heavy (non-hydrogen) atoms. The van der Waals surface area contributed by atoms with E-state index in [0.717, 1.165) is 0 Å². The van der Waals surface area contributed by atoms with Gasteiger partial charge in [0.05, 0.1) is 36.1 Å². The molecule has 0 spiro atoms. The van der Waals surface area contributed by atoms with Crippen LogP contribution >= 0.6 is 23.2 Å². The Morgan fingerprint density at radius 2 is 1.50 bits per heavy atom. The number of anilines is 1. The summed E-state index contributed by atoms with van der Waals surface area (Å²) in [5.41, 5.74) is 0.488. The summed E-state index contributed by atoms with van der Waals surface area (Å²) in [5, 5.41) is 3.27. The topological polar surface area (TPSA) is 83.1 Å². The molecule has 162 valence electrons. The molecule has 0 saturated heterocycles. The molecule has 0 saturated carbocycles. The number of esters is 1. The van der Waals surface area contributed by atoms with E-state index in [0.29, 0.717) is 52.8 Å². The number of carbonyl (C=O) groups excluding carboxylic acids is 2. The smallest absolute Gasteiger partial charge is 0.338 e. The molecule has 1 amide bonds. The van der Waals surface area contributed by atoms with E-state index in [1.165, 1.54) is 18.2 Å². The van der Waals surface area contributed by atoms with Gasteiger partial charge < -0.3 is 24.3 Å². The number of hydrogen-bond acceptors (Lipinski definition) is 6. The Morgan fingerprint density at radius 1 is 0.900 bits per heavy atom. The zero-order valence-corrected chi connectivity index (χ0v) is 18.4. The van der Waals surface area contributed by atoms with Crippen LogP contribution in [0, 0.1) is 0 Å². The summed E-state index contributed by atoms with van der Waals surface area (Å²) in [6.45, 7) is 6.08. The highest BCUT2D eigenvalue weighted by Gasteiger charge is 2.20. The zero-order valence-electron chi connectivity index (χ0n) is 16.9. The van der Waals surface area contributed by atoms with Gasteiger partial charge in [-0.05, 0) is 51.1 Å². The maximum atomic E-state index is 12.5. The second kappa shape index (κ2) is 11.5. The summed E-state index contributed by atoms with van der Waals surface area (Å²) in [7, 11) is 0. The molecule has 0 heterocycles. The molecule has 2 rings (SSSR count). The predicted octanol–water partition coefficient (Wildman–Crippen LogP) is 4.99. The van der Waals surface area contributed by atoms with E-state index in [4.69, 9.17) is 42.1 Å². The summed E-state index contributed by atoms with van der Waals surface area (Å²) in [6.07, 6.45) is 0. The summed E-state index contributed by atoms with van der Waals surface area (Å²) in [5.74, 6) is -0.160. The normalized spacial score (nSPS) is 10.3. The minimum atomic E-state index is -0.715.